The number of hydrogen-bond donors (Lipinski definition) is 1. The van der Waals surface area contributed by atoms with E-state index in [2.05, 4.69) is 0 Å². The molecule has 1 fully saturated rings. The molecule has 1 saturated carbocycles. The molecule has 1 aromatic rings. The Morgan fingerprint density at radius 1 is 1.27 bits per heavy atom. The van der Waals surface area contributed by atoms with Crippen molar-refractivity contribution in [3.63, 3.8) is 0 Å². The van der Waals surface area contributed by atoms with Gasteiger partial charge in [0.1, 0.15) is 0 Å². The van der Waals surface area contributed by atoms with Crippen LogP contribution in [-0.4, -0.2) is 0 Å². The minimum Gasteiger partial charge on any atom is -0.321 e. The highest BCUT2D eigenvalue weighted by atomic mass is 35.5. The van der Waals surface area contributed by atoms with Crippen molar-refractivity contribution in [2.24, 2.45) is 5.73 Å². The maximum Gasteiger partial charge on any atom is 0.416 e. The van der Waals surface area contributed by atoms with Crippen LogP contribution in [0.15, 0.2) is 18.2 Å². The second-order valence-corrected chi connectivity index (χ2v) is 4.22. The molecule has 0 spiro atoms. The Labute approximate surface area is 90.0 Å². The molecule has 5 heteroatoms. The van der Waals surface area contributed by atoms with E-state index in [4.69, 9.17) is 17.3 Å². The summed E-state index contributed by atoms with van der Waals surface area (Å²) < 4.78 is 38.0. The lowest BCUT2D eigenvalue weighted by Gasteiger charge is -2.18. The van der Waals surface area contributed by atoms with E-state index in [1.165, 1.54) is 12.1 Å². The highest BCUT2D eigenvalue weighted by Crippen LogP contribution is 2.50. The summed E-state index contributed by atoms with van der Waals surface area (Å²) in [5, 5.41) is 0.102. The Kier molecular flexibility index (Phi) is 2.24. The van der Waals surface area contributed by atoms with Crippen LogP contribution >= 0.6 is 11.6 Å². The Morgan fingerprint density at radius 2 is 1.87 bits per heavy atom. The normalized spacial score (nSPS) is 19.0. The maximum absolute atomic E-state index is 12.7. The molecule has 0 heterocycles. The third-order valence-electron chi connectivity index (χ3n) is 2.61. The Morgan fingerprint density at radius 3 is 2.33 bits per heavy atom. The van der Waals surface area contributed by atoms with Crippen LogP contribution in [0.5, 0.6) is 0 Å². The lowest BCUT2D eigenvalue weighted by Crippen LogP contribution is -2.24. The quantitative estimate of drug-likeness (QED) is 0.794. The third kappa shape index (κ3) is 1.84. The van der Waals surface area contributed by atoms with Gasteiger partial charge in [0.05, 0.1) is 5.56 Å². The van der Waals surface area contributed by atoms with Crippen LogP contribution in [0.3, 0.4) is 0 Å². The van der Waals surface area contributed by atoms with E-state index >= 15 is 0 Å². The van der Waals surface area contributed by atoms with Crippen LogP contribution in [0.25, 0.3) is 0 Å². The lowest BCUT2D eigenvalue weighted by atomic mass is 9.98. The van der Waals surface area contributed by atoms with Gasteiger partial charge in [-0.15, -0.1) is 0 Å². The molecule has 0 bridgehead atoms. The molecular formula is C10H9ClF3N. The molecule has 15 heavy (non-hydrogen) atoms. The minimum atomic E-state index is -4.39. The minimum absolute atomic E-state index is 0.0409. The summed E-state index contributed by atoms with van der Waals surface area (Å²) in [6, 6.07) is 3.76. The smallest absolute Gasteiger partial charge is 0.321 e. The average molecular weight is 236 g/mol. The highest BCUT2D eigenvalue weighted by molar-refractivity contribution is 6.31. The fourth-order valence-electron chi connectivity index (χ4n) is 1.65. The number of benzene rings is 1. The molecule has 1 aromatic carbocycles. The fraction of sp³-hybridized carbons (Fsp3) is 0.400. The van der Waals surface area contributed by atoms with Crippen molar-refractivity contribution in [1.29, 1.82) is 0 Å². The zero-order valence-electron chi connectivity index (χ0n) is 7.74. The van der Waals surface area contributed by atoms with Gasteiger partial charge in [0.25, 0.3) is 0 Å². The summed E-state index contributed by atoms with van der Waals surface area (Å²) in [5.41, 5.74) is 4.24. The monoisotopic (exact) mass is 235 g/mol. The molecule has 0 unspecified atom stereocenters. The number of halogens is 4. The van der Waals surface area contributed by atoms with Crippen LogP contribution in [0.4, 0.5) is 13.2 Å². The molecule has 1 aliphatic rings. The molecule has 1 nitrogen and oxygen atoms in total. The summed E-state index contributed by atoms with van der Waals surface area (Å²) in [6.07, 6.45) is -3.28. The van der Waals surface area contributed by atoms with Crippen LogP contribution < -0.4 is 5.73 Å². The van der Waals surface area contributed by atoms with Crippen molar-refractivity contribution in [3.05, 3.63) is 34.3 Å². The second-order valence-electron chi connectivity index (χ2n) is 3.82. The van der Waals surface area contributed by atoms with E-state index in [1.807, 2.05) is 0 Å². The first-order valence-electron chi connectivity index (χ1n) is 4.50. The predicted molar refractivity (Wildman–Crippen MR) is 51.6 cm³/mol. The molecule has 2 N–H and O–H groups in total. The molecule has 0 radical (unpaired) electrons. The zero-order valence-corrected chi connectivity index (χ0v) is 8.49. The first-order chi connectivity index (χ1) is 6.84. The van der Waals surface area contributed by atoms with E-state index in [0.29, 0.717) is 12.8 Å². The SMILES string of the molecule is NC1(c2c(Cl)cccc2C(F)(F)F)CC1. The summed E-state index contributed by atoms with van der Waals surface area (Å²) in [5.74, 6) is 0. The van der Waals surface area contributed by atoms with Crippen molar-refractivity contribution < 1.29 is 13.2 Å². The summed E-state index contributed by atoms with van der Waals surface area (Å²) in [6.45, 7) is 0. The van der Waals surface area contributed by atoms with E-state index < -0.39 is 17.3 Å². The van der Waals surface area contributed by atoms with Gasteiger partial charge in [-0.1, -0.05) is 17.7 Å². The molecule has 2 rings (SSSR count). The molecular weight excluding hydrogens is 227 g/mol. The third-order valence-corrected chi connectivity index (χ3v) is 2.92. The molecule has 0 atom stereocenters. The second kappa shape index (κ2) is 3.12. The first kappa shape index (κ1) is 10.8. The van der Waals surface area contributed by atoms with Gasteiger partial charge < -0.3 is 5.73 Å². The average Bonchev–Trinajstić information content (AvgIpc) is 2.82. The van der Waals surface area contributed by atoms with Crippen molar-refractivity contribution in [1.82, 2.24) is 0 Å². The zero-order chi connectivity index (χ0) is 11.3. The predicted octanol–water partition coefficient (Wildman–Crippen LogP) is 3.31. The Hall–Kier alpha value is -0.740. The molecule has 0 aliphatic heterocycles. The number of nitrogens with two attached hydrogens (primary N) is 1. The van der Waals surface area contributed by atoms with Gasteiger partial charge in [0, 0.05) is 16.1 Å². The highest BCUT2D eigenvalue weighted by Gasteiger charge is 2.47. The summed E-state index contributed by atoms with van der Waals surface area (Å²) in [7, 11) is 0. The van der Waals surface area contributed by atoms with Gasteiger partial charge >= 0.3 is 6.18 Å². The Balaban J connectivity index is 2.60. The molecule has 1 aliphatic carbocycles. The maximum atomic E-state index is 12.7. The van der Waals surface area contributed by atoms with Crippen molar-refractivity contribution in [2.45, 2.75) is 24.6 Å². The summed E-state index contributed by atoms with van der Waals surface area (Å²) in [4.78, 5) is 0. The standard InChI is InChI=1S/C10H9ClF3N/c11-7-3-1-2-6(10(12,13)14)8(7)9(15)4-5-9/h1-3H,4-5,15H2. The van der Waals surface area contributed by atoms with E-state index in [1.54, 1.807) is 0 Å². The largest absolute Gasteiger partial charge is 0.416 e. The van der Waals surface area contributed by atoms with Crippen molar-refractivity contribution in [3.8, 4) is 0 Å². The lowest BCUT2D eigenvalue weighted by molar-refractivity contribution is -0.138. The molecule has 0 aromatic heterocycles. The van der Waals surface area contributed by atoms with Crippen LogP contribution in [0, 0.1) is 0 Å². The number of rotatable bonds is 1. The summed E-state index contributed by atoms with van der Waals surface area (Å²) >= 11 is 5.78. The van der Waals surface area contributed by atoms with Crippen LogP contribution in [0.2, 0.25) is 5.02 Å². The fourth-order valence-corrected chi connectivity index (χ4v) is 2.01. The van der Waals surface area contributed by atoms with Gasteiger partial charge in [-0.25, -0.2) is 0 Å². The van der Waals surface area contributed by atoms with Gasteiger partial charge in [0.15, 0.2) is 0 Å². The topological polar surface area (TPSA) is 26.0 Å². The van der Waals surface area contributed by atoms with Crippen molar-refractivity contribution in [2.75, 3.05) is 0 Å². The van der Waals surface area contributed by atoms with Gasteiger partial charge in [-0.3, -0.25) is 0 Å². The van der Waals surface area contributed by atoms with E-state index in [-0.39, 0.29) is 10.6 Å². The van der Waals surface area contributed by atoms with Crippen LogP contribution in [0.1, 0.15) is 24.0 Å². The number of alkyl halides is 3. The molecule has 0 amide bonds. The van der Waals surface area contributed by atoms with Crippen LogP contribution in [-0.2, 0) is 11.7 Å². The molecule has 82 valence electrons. The van der Waals surface area contributed by atoms with Gasteiger partial charge in [-0.2, -0.15) is 13.2 Å². The van der Waals surface area contributed by atoms with Crippen molar-refractivity contribution >= 4 is 11.6 Å². The first-order valence-corrected chi connectivity index (χ1v) is 4.87. The Bertz CT molecular complexity index is 396. The number of hydrogen-bond acceptors (Lipinski definition) is 1. The van der Waals surface area contributed by atoms with E-state index in [0.717, 1.165) is 6.07 Å². The van der Waals surface area contributed by atoms with Gasteiger partial charge in [-0.05, 0) is 25.0 Å². The van der Waals surface area contributed by atoms with Gasteiger partial charge in [0.2, 0.25) is 0 Å². The molecule has 0 saturated heterocycles. The van der Waals surface area contributed by atoms with E-state index in [9.17, 15) is 13.2 Å².